The van der Waals surface area contributed by atoms with E-state index in [1.165, 1.54) is 16.7 Å². The fourth-order valence-electron chi connectivity index (χ4n) is 4.37. The molecule has 1 aliphatic carbocycles. The first-order valence-electron chi connectivity index (χ1n) is 9.93. The second kappa shape index (κ2) is 8.08. The molecule has 0 spiro atoms. The van der Waals surface area contributed by atoms with E-state index in [4.69, 9.17) is 0 Å². The first kappa shape index (κ1) is 18.0. The van der Waals surface area contributed by atoms with Gasteiger partial charge >= 0.3 is 0 Å². The van der Waals surface area contributed by atoms with Gasteiger partial charge in [0.15, 0.2) is 0 Å². The van der Waals surface area contributed by atoms with Gasteiger partial charge in [-0.05, 0) is 29.5 Å². The molecule has 2 atom stereocenters. The van der Waals surface area contributed by atoms with Crippen LogP contribution in [0.25, 0.3) is 0 Å². The first-order chi connectivity index (χ1) is 13.3. The van der Waals surface area contributed by atoms with Crippen molar-refractivity contribution in [3.63, 3.8) is 0 Å². The molecule has 0 unspecified atom stereocenters. The molecular weight excluding hydrogens is 330 g/mol. The van der Waals surface area contributed by atoms with Crippen molar-refractivity contribution in [1.82, 2.24) is 5.32 Å². The lowest BCUT2D eigenvalue weighted by atomic mass is 9.75. The average Bonchev–Trinajstić information content (AvgIpc) is 2.75. The Labute approximate surface area is 161 Å². The Morgan fingerprint density at radius 1 is 0.630 bits per heavy atom. The van der Waals surface area contributed by atoms with Crippen LogP contribution in [0.5, 0.6) is 0 Å². The summed E-state index contributed by atoms with van der Waals surface area (Å²) in [5.41, 5.74) is 3.09. The largest absolute Gasteiger partial charge is 0.392 e. The molecule has 0 aliphatic heterocycles. The van der Waals surface area contributed by atoms with Gasteiger partial charge in [-0.3, -0.25) is 5.32 Å². The Morgan fingerprint density at radius 3 is 1.44 bits per heavy atom. The second-order valence-electron chi connectivity index (χ2n) is 7.45. The Morgan fingerprint density at radius 2 is 1.04 bits per heavy atom. The van der Waals surface area contributed by atoms with E-state index >= 15 is 0 Å². The maximum atomic E-state index is 10.7. The minimum atomic E-state index is -0.493. The van der Waals surface area contributed by atoms with Gasteiger partial charge in [-0.2, -0.15) is 0 Å². The maximum Gasteiger partial charge on any atom is 0.0950 e. The molecule has 2 nitrogen and oxygen atoms in total. The molecule has 3 aromatic rings. The fourth-order valence-corrected chi connectivity index (χ4v) is 4.37. The number of hydrogen-bond donors (Lipinski definition) is 2. The molecule has 138 valence electrons. The van der Waals surface area contributed by atoms with E-state index < -0.39 is 5.54 Å². The van der Waals surface area contributed by atoms with Crippen molar-refractivity contribution in [2.45, 2.75) is 43.4 Å². The SMILES string of the molecule is O[C@@H]1CCCC[C@@H]1NC(c1ccccc1)(c1ccccc1)c1ccccc1. The van der Waals surface area contributed by atoms with Crippen LogP contribution in [0.1, 0.15) is 42.4 Å². The number of nitrogens with one attached hydrogen (secondary N) is 1. The standard InChI is InChI=1S/C25H27NO/c27-24-19-11-10-18-23(24)26-25(20-12-4-1-5-13-20,21-14-6-2-7-15-21)22-16-8-3-9-17-22/h1-9,12-17,23-24,26-27H,10-11,18-19H2/t23-,24+/m0/s1. The lowest BCUT2D eigenvalue weighted by Crippen LogP contribution is -2.54. The second-order valence-corrected chi connectivity index (χ2v) is 7.45. The van der Waals surface area contributed by atoms with Crippen LogP contribution < -0.4 is 5.32 Å². The Kier molecular flexibility index (Phi) is 5.38. The van der Waals surface area contributed by atoms with E-state index in [-0.39, 0.29) is 12.1 Å². The van der Waals surface area contributed by atoms with E-state index in [1.807, 2.05) is 0 Å². The third-order valence-electron chi connectivity index (χ3n) is 5.75. The zero-order valence-corrected chi connectivity index (χ0v) is 15.6. The minimum Gasteiger partial charge on any atom is -0.392 e. The van der Waals surface area contributed by atoms with Crippen LogP contribution in [0.3, 0.4) is 0 Å². The predicted octanol–water partition coefficient (Wildman–Crippen LogP) is 4.87. The van der Waals surface area contributed by atoms with Crippen LogP contribution in [0.4, 0.5) is 0 Å². The summed E-state index contributed by atoms with van der Waals surface area (Å²) < 4.78 is 0. The summed E-state index contributed by atoms with van der Waals surface area (Å²) in [6.07, 6.45) is 3.81. The van der Waals surface area contributed by atoms with Crippen LogP contribution in [-0.4, -0.2) is 17.3 Å². The summed E-state index contributed by atoms with van der Waals surface area (Å²) in [6, 6.07) is 31.9. The quantitative estimate of drug-likeness (QED) is 0.639. The number of aliphatic hydroxyl groups is 1. The van der Waals surface area contributed by atoms with Gasteiger partial charge < -0.3 is 5.11 Å². The molecule has 4 rings (SSSR count). The third kappa shape index (κ3) is 3.55. The molecule has 27 heavy (non-hydrogen) atoms. The lowest BCUT2D eigenvalue weighted by molar-refractivity contribution is 0.0804. The topological polar surface area (TPSA) is 32.3 Å². The van der Waals surface area contributed by atoms with Crippen molar-refractivity contribution in [2.24, 2.45) is 0 Å². The molecule has 0 radical (unpaired) electrons. The van der Waals surface area contributed by atoms with E-state index in [0.29, 0.717) is 0 Å². The van der Waals surface area contributed by atoms with Crippen molar-refractivity contribution in [2.75, 3.05) is 0 Å². The highest BCUT2D eigenvalue weighted by Gasteiger charge is 2.39. The molecule has 0 bridgehead atoms. The Bertz CT molecular complexity index is 735. The van der Waals surface area contributed by atoms with Gasteiger partial charge in [-0.25, -0.2) is 0 Å². The van der Waals surface area contributed by atoms with Crippen molar-refractivity contribution >= 4 is 0 Å². The molecule has 1 saturated carbocycles. The van der Waals surface area contributed by atoms with Gasteiger partial charge in [0.2, 0.25) is 0 Å². The fraction of sp³-hybridized carbons (Fsp3) is 0.280. The van der Waals surface area contributed by atoms with Crippen molar-refractivity contribution < 1.29 is 5.11 Å². The maximum absolute atomic E-state index is 10.7. The zero-order valence-electron chi connectivity index (χ0n) is 15.6. The summed E-state index contributed by atoms with van der Waals surface area (Å²) >= 11 is 0. The molecule has 0 saturated heterocycles. The van der Waals surface area contributed by atoms with Gasteiger partial charge in [0, 0.05) is 6.04 Å². The van der Waals surface area contributed by atoms with Gasteiger partial charge in [-0.1, -0.05) is 104 Å². The average molecular weight is 357 g/mol. The molecule has 2 heteroatoms. The zero-order chi connectivity index (χ0) is 18.5. The summed E-state index contributed by atoms with van der Waals surface area (Å²) in [7, 11) is 0. The summed E-state index contributed by atoms with van der Waals surface area (Å²) in [4.78, 5) is 0. The lowest BCUT2D eigenvalue weighted by Gasteiger charge is -2.42. The van der Waals surface area contributed by atoms with Crippen molar-refractivity contribution in [1.29, 1.82) is 0 Å². The van der Waals surface area contributed by atoms with Gasteiger partial charge in [0.1, 0.15) is 0 Å². The van der Waals surface area contributed by atoms with Crippen LogP contribution in [0.2, 0.25) is 0 Å². The highest BCUT2D eigenvalue weighted by molar-refractivity contribution is 5.49. The van der Waals surface area contributed by atoms with Crippen molar-refractivity contribution in [3.8, 4) is 0 Å². The number of aliphatic hydroxyl groups excluding tert-OH is 1. The van der Waals surface area contributed by atoms with E-state index in [9.17, 15) is 5.11 Å². The number of benzene rings is 3. The molecule has 0 heterocycles. The molecule has 0 aromatic heterocycles. The highest BCUT2D eigenvalue weighted by atomic mass is 16.3. The molecule has 1 aliphatic rings. The smallest absolute Gasteiger partial charge is 0.0950 e. The minimum absolute atomic E-state index is 0.0689. The summed E-state index contributed by atoms with van der Waals surface area (Å²) in [5.74, 6) is 0. The summed E-state index contributed by atoms with van der Waals surface area (Å²) in [5, 5.41) is 14.6. The molecular formula is C25H27NO. The molecule has 2 N–H and O–H groups in total. The first-order valence-corrected chi connectivity index (χ1v) is 9.93. The van der Waals surface area contributed by atoms with Crippen molar-refractivity contribution in [3.05, 3.63) is 108 Å². The van der Waals surface area contributed by atoms with E-state index in [2.05, 4.69) is 96.3 Å². The summed E-state index contributed by atoms with van der Waals surface area (Å²) in [6.45, 7) is 0. The van der Waals surface area contributed by atoms with Gasteiger partial charge in [0.05, 0.1) is 11.6 Å². The third-order valence-corrected chi connectivity index (χ3v) is 5.75. The predicted molar refractivity (Wildman–Crippen MR) is 111 cm³/mol. The number of hydrogen-bond acceptors (Lipinski definition) is 2. The molecule has 0 amide bonds. The van der Waals surface area contributed by atoms with Crippen LogP contribution in [-0.2, 0) is 5.54 Å². The highest BCUT2D eigenvalue weighted by Crippen LogP contribution is 2.38. The van der Waals surface area contributed by atoms with E-state index in [0.717, 1.165) is 25.7 Å². The van der Waals surface area contributed by atoms with Crippen LogP contribution in [0.15, 0.2) is 91.0 Å². The number of rotatable bonds is 5. The molecule has 1 fully saturated rings. The van der Waals surface area contributed by atoms with Crippen LogP contribution >= 0.6 is 0 Å². The molecule has 3 aromatic carbocycles. The monoisotopic (exact) mass is 357 g/mol. The van der Waals surface area contributed by atoms with Gasteiger partial charge in [0.25, 0.3) is 0 Å². The Hall–Kier alpha value is -2.42. The van der Waals surface area contributed by atoms with Gasteiger partial charge in [-0.15, -0.1) is 0 Å². The Balaban J connectivity index is 1.91. The van der Waals surface area contributed by atoms with E-state index in [1.54, 1.807) is 0 Å². The normalized spacial score (nSPS) is 20.3. The van der Waals surface area contributed by atoms with Crippen LogP contribution in [0, 0.1) is 0 Å².